The Labute approximate surface area is 258 Å². The van der Waals surface area contributed by atoms with Crippen molar-refractivity contribution in [3.05, 3.63) is 47.3 Å². The lowest BCUT2D eigenvalue weighted by molar-refractivity contribution is -0.322. The molecule has 246 valence electrons. The zero-order valence-electron chi connectivity index (χ0n) is 27.7. The van der Waals surface area contributed by atoms with Gasteiger partial charge in [-0.25, -0.2) is 4.79 Å². The van der Waals surface area contributed by atoms with Crippen LogP contribution in [-0.2, 0) is 23.7 Å². The topological polar surface area (TPSA) is 135 Å². The van der Waals surface area contributed by atoms with Crippen LogP contribution in [-0.4, -0.2) is 83.0 Å². The summed E-state index contributed by atoms with van der Waals surface area (Å²) in [5.74, 6) is -4.46. The summed E-state index contributed by atoms with van der Waals surface area (Å²) in [5.41, 5.74) is 1.78. The van der Waals surface area contributed by atoms with Gasteiger partial charge in [0.15, 0.2) is 5.79 Å². The maximum atomic E-state index is 13.5. The smallest absolute Gasteiger partial charge is 0.373 e. The molecule has 9 nitrogen and oxygen atoms in total. The Balaban J connectivity index is 2.51. The van der Waals surface area contributed by atoms with Crippen LogP contribution in [0.15, 0.2) is 47.3 Å². The highest BCUT2D eigenvalue weighted by Crippen LogP contribution is 2.40. The molecule has 0 amide bonds. The van der Waals surface area contributed by atoms with Crippen molar-refractivity contribution in [3.63, 3.8) is 0 Å². The first-order valence-electron chi connectivity index (χ1n) is 15.6. The number of carbonyl (C=O) groups excluding carboxylic acids is 1. The van der Waals surface area contributed by atoms with Crippen LogP contribution < -0.4 is 0 Å². The summed E-state index contributed by atoms with van der Waals surface area (Å²) in [6, 6.07) is 0. The lowest BCUT2D eigenvalue weighted by Crippen LogP contribution is -2.58. The van der Waals surface area contributed by atoms with Crippen molar-refractivity contribution in [1.82, 2.24) is 0 Å². The van der Waals surface area contributed by atoms with Crippen molar-refractivity contribution in [2.45, 2.75) is 117 Å². The van der Waals surface area contributed by atoms with Crippen LogP contribution in [0.1, 0.15) is 74.7 Å². The average Bonchev–Trinajstić information content (AvgIpc) is 2.96. The van der Waals surface area contributed by atoms with Crippen LogP contribution in [0.2, 0.25) is 0 Å². The van der Waals surface area contributed by atoms with E-state index in [2.05, 4.69) is 0 Å². The van der Waals surface area contributed by atoms with Crippen LogP contribution in [0.5, 0.6) is 0 Å². The summed E-state index contributed by atoms with van der Waals surface area (Å²) >= 11 is 0. The molecule has 0 aromatic carbocycles. The van der Waals surface area contributed by atoms with Gasteiger partial charge < -0.3 is 39.4 Å². The van der Waals surface area contributed by atoms with Gasteiger partial charge in [0.1, 0.15) is 12.2 Å². The zero-order chi connectivity index (χ0) is 32.6. The van der Waals surface area contributed by atoms with Crippen LogP contribution in [0, 0.1) is 29.6 Å². The normalized spacial score (nSPS) is 41.7. The minimum atomic E-state index is -1.78. The molecule has 0 aromatic rings. The highest BCUT2D eigenvalue weighted by atomic mass is 16.6. The van der Waals surface area contributed by atoms with Crippen molar-refractivity contribution >= 4 is 5.97 Å². The Kier molecular flexibility index (Phi) is 14.1. The first-order chi connectivity index (χ1) is 20.1. The molecule has 9 unspecified atom stereocenters. The van der Waals surface area contributed by atoms with Gasteiger partial charge >= 0.3 is 5.97 Å². The predicted molar refractivity (Wildman–Crippen MR) is 166 cm³/mol. The summed E-state index contributed by atoms with van der Waals surface area (Å²) in [4.78, 5) is 13.5. The fourth-order valence-electron chi connectivity index (χ4n) is 6.31. The maximum Gasteiger partial charge on any atom is 0.373 e. The van der Waals surface area contributed by atoms with Gasteiger partial charge in [0.2, 0.25) is 5.76 Å². The van der Waals surface area contributed by atoms with E-state index in [9.17, 15) is 25.2 Å². The van der Waals surface area contributed by atoms with Crippen molar-refractivity contribution < 1.29 is 44.2 Å². The quantitative estimate of drug-likeness (QED) is 0.309. The number of methoxy groups -OCH3 is 2. The summed E-state index contributed by atoms with van der Waals surface area (Å²) in [7, 11) is 2.87. The van der Waals surface area contributed by atoms with E-state index in [1.165, 1.54) is 14.2 Å². The third-order valence-electron chi connectivity index (χ3n) is 9.33. The van der Waals surface area contributed by atoms with Crippen LogP contribution in [0.3, 0.4) is 0 Å². The predicted octanol–water partition coefficient (Wildman–Crippen LogP) is 4.45. The molecule has 0 aromatic heterocycles. The van der Waals surface area contributed by atoms with Gasteiger partial charge in [-0.05, 0) is 38.7 Å². The summed E-state index contributed by atoms with van der Waals surface area (Å²) < 4.78 is 23.2. The van der Waals surface area contributed by atoms with Gasteiger partial charge in [-0.3, -0.25) is 0 Å². The number of aliphatic hydroxyl groups excluding tert-OH is 3. The molecule has 1 saturated heterocycles. The lowest BCUT2D eigenvalue weighted by atomic mass is 9.77. The Morgan fingerprint density at radius 2 is 1.79 bits per heavy atom. The van der Waals surface area contributed by atoms with Gasteiger partial charge in [0.05, 0.1) is 31.5 Å². The largest absolute Gasteiger partial charge is 0.490 e. The Morgan fingerprint density at radius 1 is 1.14 bits per heavy atom. The molecule has 12 atom stereocenters. The van der Waals surface area contributed by atoms with Crippen LogP contribution in [0.25, 0.3) is 0 Å². The summed E-state index contributed by atoms with van der Waals surface area (Å²) in [6.45, 7) is 15.0. The van der Waals surface area contributed by atoms with E-state index >= 15 is 0 Å². The second-order valence-electron chi connectivity index (χ2n) is 12.8. The van der Waals surface area contributed by atoms with Gasteiger partial charge in [-0.15, -0.1) is 0 Å². The van der Waals surface area contributed by atoms with Crippen LogP contribution >= 0.6 is 0 Å². The molecule has 1 fully saturated rings. The fraction of sp³-hybridized carbons (Fsp3) is 0.735. The minimum Gasteiger partial charge on any atom is -0.490 e. The molecule has 2 aliphatic rings. The van der Waals surface area contributed by atoms with E-state index in [1.54, 1.807) is 26.0 Å². The standard InChI is InChI=1S/C34H56O9/c1-11-27-23(6)26(35)18-34(39,43-27)25(8)31(37)24(7)32-28(40-9)14-12-13-19(2)15-21(4)30(36)22(5)16-20(3)17-29(41-10)33(38)42-32/h12-14,16-17,21-28,30-32,35-37,39H,11,15,18H2,1-10H3/b14-12+,19-13+,20-16+,29-17-/t21-,22?,23-,24?,25?,26?,27?,28+,30?,31?,32?,34?/m1/s1. The van der Waals surface area contributed by atoms with E-state index in [0.717, 1.165) is 11.1 Å². The SMILES string of the molecule is CCC1OC(O)(C(C)C(O)C(C)C2OC(=O)/C(OC)=C/C(C)=C/C(C)C(O)[C@H](C)C/C(C)=C/C=C/[C@@H]2OC)CC(O)[C@H]1C. The molecule has 0 spiro atoms. The van der Waals surface area contributed by atoms with E-state index in [1.807, 2.05) is 59.8 Å². The third kappa shape index (κ3) is 9.49. The van der Waals surface area contributed by atoms with Crippen molar-refractivity contribution in [1.29, 1.82) is 0 Å². The van der Waals surface area contributed by atoms with Gasteiger partial charge in [-0.1, -0.05) is 77.0 Å². The molecular weight excluding hydrogens is 552 g/mol. The number of esters is 1. The fourth-order valence-corrected chi connectivity index (χ4v) is 6.31. The molecule has 2 aliphatic heterocycles. The number of allylic oxidation sites excluding steroid dienone is 5. The Morgan fingerprint density at radius 3 is 2.37 bits per heavy atom. The number of hydrogen-bond donors (Lipinski definition) is 4. The second-order valence-corrected chi connectivity index (χ2v) is 12.8. The van der Waals surface area contributed by atoms with Gasteiger partial charge in [-0.2, -0.15) is 0 Å². The number of ether oxygens (including phenoxy) is 4. The number of hydrogen-bond acceptors (Lipinski definition) is 9. The molecule has 0 saturated carbocycles. The molecule has 2 heterocycles. The molecule has 0 aliphatic carbocycles. The molecule has 0 bridgehead atoms. The van der Waals surface area contributed by atoms with Gasteiger partial charge in [0.25, 0.3) is 0 Å². The molecule has 43 heavy (non-hydrogen) atoms. The number of rotatable bonds is 7. The number of cyclic esters (lactones) is 1. The van der Waals surface area contributed by atoms with E-state index in [0.29, 0.717) is 12.8 Å². The first kappa shape index (κ1) is 37.2. The van der Waals surface area contributed by atoms with Gasteiger partial charge in [0, 0.05) is 37.2 Å². The second kappa shape index (κ2) is 16.3. The average molecular weight is 609 g/mol. The first-order valence-corrected chi connectivity index (χ1v) is 15.6. The molecule has 9 heteroatoms. The van der Waals surface area contributed by atoms with E-state index in [-0.39, 0.29) is 36.0 Å². The maximum absolute atomic E-state index is 13.5. The Bertz CT molecular complexity index is 1030. The van der Waals surface area contributed by atoms with E-state index in [4.69, 9.17) is 18.9 Å². The Hall–Kier alpha value is -2.01. The van der Waals surface area contributed by atoms with Crippen molar-refractivity contribution in [2.75, 3.05) is 14.2 Å². The molecule has 4 N–H and O–H groups in total. The molecular formula is C34H56O9. The highest BCUT2D eigenvalue weighted by Gasteiger charge is 2.50. The number of carbonyl (C=O) groups is 1. The molecule has 2 rings (SSSR count). The zero-order valence-corrected chi connectivity index (χ0v) is 27.7. The van der Waals surface area contributed by atoms with Crippen molar-refractivity contribution in [3.8, 4) is 0 Å². The van der Waals surface area contributed by atoms with Crippen molar-refractivity contribution in [2.24, 2.45) is 29.6 Å². The number of aliphatic hydroxyl groups is 4. The molecule has 0 radical (unpaired) electrons. The monoisotopic (exact) mass is 608 g/mol. The highest BCUT2D eigenvalue weighted by molar-refractivity contribution is 5.87. The third-order valence-corrected chi connectivity index (χ3v) is 9.33. The lowest BCUT2D eigenvalue weighted by Gasteiger charge is -2.48. The minimum absolute atomic E-state index is 0.00306. The van der Waals surface area contributed by atoms with Crippen LogP contribution in [0.4, 0.5) is 0 Å². The summed E-state index contributed by atoms with van der Waals surface area (Å²) in [5, 5.41) is 44.7. The van der Waals surface area contributed by atoms with E-state index < -0.39 is 54.1 Å². The summed E-state index contributed by atoms with van der Waals surface area (Å²) in [6.07, 6.45) is 5.52.